The Hall–Kier alpha value is -2.46. The fourth-order valence-corrected chi connectivity index (χ4v) is 3.40. The van der Waals surface area contributed by atoms with Crippen molar-refractivity contribution in [2.45, 2.75) is 58.1 Å². The summed E-state index contributed by atoms with van der Waals surface area (Å²) in [5.74, 6) is -1.78. The van der Waals surface area contributed by atoms with E-state index in [1.165, 1.54) is 13.0 Å². The zero-order valence-corrected chi connectivity index (χ0v) is 17.7. The van der Waals surface area contributed by atoms with Gasteiger partial charge in [-0.05, 0) is 58.7 Å². The Bertz CT molecular complexity index is 859. The Kier molecular flexibility index (Phi) is 7.71. The lowest BCUT2D eigenvalue weighted by Crippen LogP contribution is -2.50. The van der Waals surface area contributed by atoms with Crippen molar-refractivity contribution >= 4 is 27.9 Å². The summed E-state index contributed by atoms with van der Waals surface area (Å²) in [6.07, 6.45) is -1.27. The molecule has 0 bridgehead atoms. The summed E-state index contributed by atoms with van der Waals surface area (Å²) >= 11 is 0. The number of carbonyl (C=O) groups is 3. The third-order valence-electron chi connectivity index (χ3n) is 3.44. The lowest BCUT2D eigenvalue weighted by Gasteiger charge is -2.21. The van der Waals surface area contributed by atoms with E-state index in [9.17, 15) is 22.8 Å². The van der Waals surface area contributed by atoms with Gasteiger partial charge in [0, 0.05) is 5.54 Å². The van der Waals surface area contributed by atoms with E-state index in [0.29, 0.717) is 5.56 Å². The maximum Gasteiger partial charge on any atom is 0.321 e. The second-order valence-electron chi connectivity index (χ2n) is 7.42. The summed E-state index contributed by atoms with van der Waals surface area (Å²) in [5.41, 5.74) is 0.743. The number of rotatable bonds is 6. The first-order chi connectivity index (χ1) is 12.7. The topological polar surface area (TPSA) is 131 Å². The number of ether oxygens (including phenoxy) is 1. The predicted molar refractivity (Wildman–Crippen MR) is 103 cm³/mol. The average Bonchev–Trinajstić information content (AvgIpc) is 2.53. The van der Waals surface area contributed by atoms with Crippen molar-refractivity contribution in [3.63, 3.8) is 0 Å². The first-order valence-electron chi connectivity index (χ1n) is 8.60. The van der Waals surface area contributed by atoms with Crippen molar-refractivity contribution in [3.8, 4) is 0 Å². The third-order valence-corrected chi connectivity index (χ3v) is 4.99. The molecule has 0 radical (unpaired) electrons. The highest BCUT2D eigenvalue weighted by Gasteiger charge is 2.24. The number of sulfonamides is 1. The highest BCUT2D eigenvalue weighted by atomic mass is 32.2. The highest BCUT2D eigenvalue weighted by Crippen LogP contribution is 2.16. The predicted octanol–water partition coefficient (Wildman–Crippen LogP) is 1.14. The van der Waals surface area contributed by atoms with Gasteiger partial charge < -0.3 is 10.1 Å². The van der Waals surface area contributed by atoms with E-state index in [-0.39, 0.29) is 4.90 Å². The van der Waals surface area contributed by atoms with Gasteiger partial charge in [-0.1, -0.05) is 12.1 Å². The van der Waals surface area contributed by atoms with Crippen molar-refractivity contribution in [2.75, 3.05) is 6.54 Å². The van der Waals surface area contributed by atoms with Gasteiger partial charge in [0.2, 0.25) is 10.0 Å². The molecule has 0 saturated heterocycles. The fraction of sp³-hybridized carbons (Fsp3) is 0.500. The minimum atomic E-state index is -3.92. The van der Waals surface area contributed by atoms with Crippen LogP contribution in [0.1, 0.15) is 38.8 Å². The molecule has 1 rings (SSSR count). The van der Waals surface area contributed by atoms with Crippen LogP contribution in [0.25, 0.3) is 0 Å². The molecule has 28 heavy (non-hydrogen) atoms. The lowest BCUT2D eigenvalue weighted by atomic mass is 10.1. The number of urea groups is 1. The maximum absolute atomic E-state index is 12.4. The monoisotopic (exact) mass is 413 g/mol. The first kappa shape index (κ1) is 23.6. The Morgan fingerprint density at radius 2 is 1.75 bits per heavy atom. The number of carbonyl (C=O) groups excluding carboxylic acids is 3. The smallest absolute Gasteiger partial charge is 0.321 e. The van der Waals surface area contributed by atoms with E-state index in [0.717, 1.165) is 5.56 Å². The summed E-state index contributed by atoms with van der Waals surface area (Å²) in [4.78, 5) is 35.5. The van der Waals surface area contributed by atoms with Gasteiger partial charge in [0.05, 0.1) is 4.90 Å². The molecule has 0 aromatic heterocycles. The SMILES string of the molecule is Cc1ccc(C)c(S(=O)(=O)NCC(=O)O[C@@H](C)C(=O)NC(=O)NC(C)(C)C)c1. The second-order valence-corrected chi connectivity index (χ2v) is 9.15. The number of esters is 1. The Morgan fingerprint density at radius 3 is 2.32 bits per heavy atom. The van der Waals surface area contributed by atoms with Gasteiger partial charge in [0.1, 0.15) is 6.54 Å². The number of nitrogens with one attached hydrogen (secondary N) is 3. The zero-order chi connectivity index (χ0) is 21.7. The van der Waals surface area contributed by atoms with E-state index in [4.69, 9.17) is 4.74 Å². The van der Waals surface area contributed by atoms with Crippen LogP contribution in [-0.2, 0) is 24.3 Å². The van der Waals surface area contributed by atoms with Gasteiger partial charge in [-0.2, -0.15) is 4.72 Å². The van der Waals surface area contributed by atoms with E-state index >= 15 is 0 Å². The molecule has 0 aliphatic rings. The average molecular weight is 413 g/mol. The van der Waals surface area contributed by atoms with Crippen LogP contribution < -0.4 is 15.4 Å². The largest absolute Gasteiger partial charge is 0.452 e. The van der Waals surface area contributed by atoms with Crippen molar-refractivity contribution < 1.29 is 27.5 Å². The van der Waals surface area contributed by atoms with Gasteiger partial charge in [-0.25, -0.2) is 13.2 Å². The fourth-order valence-electron chi connectivity index (χ4n) is 2.11. The maximum atomic E-state index is 12.4. The van der Waals surface area contributed by atoms with Crippen LogP contribution in [0.5, 0.6) is 0 Å². The molecule has 0 unspecified atom stereocenters. The van der Waals surface area contributed by atoms with E-state index in [2.05, 4.69) is 10.0 Å². The number of hydrogen-bond donors (Lipinski definition) is 3. The van der Waals surface area contributed by atoms with Crippen molar-refractivity contribution in [3.05, 3.63) is 29.3 Å². The number of hydrogen-bond acceptors (Lipinski definition) is 6. The Morgan fingerprint density at radius 1 is 1.14 bits per heavy atom. The van der Waals surface area contributed by atoms with Crippen LogP contribution in [0.4, 0.5) is 4.79 Å². The van der Waals surface area contributed by atoms with Gasteiger partial charge in [0.15, 0.2) is 6.10 Å². The second kappa shape index (κ2) is 9.16. The van der Waals surface area contributed by atoms with Crippen molar-refractivity contribution in [2.24, 2.45) is 0 Å². The molecule has 3 N–H and O–H groups in total. The quantitative estimate of drug-likeness (QED) is 0.600. The minimum absolute atomic E-state index is 0.0601. The highest BCUT2D eigenvalue weighted by molar-refractivity contribution is 7.89. The molecule has 0 saturated carbocycles. The molecule has 1 atom stereocenters. The summed E-state index contributed by atoms with van der Waals surface area (Å²) in [6.45, 7) is 9.23. The Balaban J connectivity index is 2.60. The van der Waals surface area contributed by atoms with Crippen molar-refractivity contribution in [1.82, 2.24) is 15.4 Å². The van der Waals surface area contributed by atoms with Gasteiger partial charge in [0.25, 0.3) is 5.91 Å². The van der Waals surface area contributed by atoms with E-state index < -0.39 is 46.1 Å². The molecule has 0 heterocycles. The minimum Gasteiger partial charge on any atom is -0.452 e. The number of aryl methyl sites for hydroxylation is 2. The Labute approximate surface area is 165 Å². The first-order valence-corrected chi connectivity index (χ1v) is 10.1. The normalized spacial score (nSPS) is 12.8. The van der Waals surface area contributed by atoms with Gasteiger partial charge >= 0.3 is 12.0 Å². The number of imide groups is 1. The van der Waals surface area contributed by atoms with Gasteiger partial charge in [-0.15, -0.1) is 0 Å². The molecule has 1 aromatic rings. The van der Waals surface area contributed by atoms with Gasteiger partial charge in [-0.3, -0.25) is 14.9 Å². The summed E-state index contributed by atoms with van der Waals surface area (Å²) in [5, 5.41) is 4.58. The summed E-state index contributed by atoms with van der Waals surface area (Å²) in [7, 11) is -3.92. The van der Waals surface area contributed by atoms with Crippen LogP contribution in [-0.4, -0.2) is 44.5 Å². The molecule has 1 aromatic carbocycles. The number of benzene rings is 1. The summed E-state index contributed by atoms with van der Waals surface area (Å²) in [6, 6.07) is 4.21. The number of amides is 3. The molecule has 0 fully saturated rings. The zero-order valence-electron chi connectivity index (χ0n) is 16.9. The molecule has 0 aliphatic heterocycles. The summed E-state index contributed by atoms with van der Waals surface area (Å²) < 4.78 is 31.7. The molecule has 156 valence electrons. The molecular weight excluding hydrogens is 386 g/mol. The van der Waals surface area contributed by atoms with E-state index in [1.54, 1.807) is 46.8 Å². The third kappa shape index (κ3) is 7.65. The van der Waals surface area contributed by atoms with E-state index in [1.807, 2.05) is 5.32 Å². The van der Waals surface area contributed by atoms with Crippen molar-refractivity contribution in [1.29, 1.82) is 0 Å². The van der Waals surface area contributed by atoms with Crippen LogP contribution in [0.15, 0.2) is 23.1 Å². The lowest BCUT2D eigenvalue weighted by molar-refractivity contribution is -0.153. The molecule has 3 amide bonds. The van der Waals surface area contributed by atoms with Crippen LogP contribution in [0, 0.1) is 13.8 Å². The molecule has 0 aliphatic carbocycles. The molecular formula is C18H27N3O6S. The molecule has 0 spiro atoms. The molecule has 10 heteroatoms. The standard InChI is InChI=1S/C18H27N3O6S/c1-11-7-8-12(2)14(9-11)28(25,26)19-10-15(22)27-13(3)16(23)20-17(24)21-18(4,5)6/h7-9,13,19H,10H2,1-6H3,(H2,20,21,23,24)/t13-/m0/s1. The van der Waals surface area contributed by atoms with Crippen LogP contribution in [0.2, 0.25) is 0 Å². The molecule has 9 nitrogen and oxygen atoms in total. The van der Waals surface area contributed by atoms with Crippen LogP contribution >= 0.6 is 0 Å². The van der Waals surface area contributed by atoms with Crippen LogP contribution in [0.3, 0.4) is 0 Å².